The number of carboxylic acid groups (broad SMARTS) is 1. The molecule has 0 spiro atoms. The van der Waals surface area contributed by atoms with E-state index in [0.29, 0.717) is 54.3 Å². The molecular weight excluding hydrogens is 510 g/mol. The van der Waals surface area contributed by atoms with Crippen molar-refractivity contribution in [1.82, 2.24) is 9.88 Å². The summed E-state index contributed by atoms with van der Waals surface area (Å²) in [6.45, 7) is 1.98. The predicted molar refractivity (Wildman–Crippen MR) is 145 cm³/mol. The number of aromatic nitrogens is 1. The van der Waals surface area contributed by atoms with Crippen LogP contribution in [-0.4, -0.2) is 47.7 Å². The highest BCUT2D eigenvalue weighted by Crippen LogP contribution is 2.36. The van der Waals surface area contributed by atoms with E-state index in [0.717, 1.165) is 23.9 Å². The summed E-state index contributed by atoms with van der Waals surface area (Å²) >= 11 is 5.90. The number of carboxylic acids is 1. The molecule has 3 aromatic rings. The number of hydrogen-bond acceptors (Lipinski definition) is 4. The molecule has 1 saturated heterocycles. The van der Waals surface area contributed by atoms with Crippen LogP contribution in [0, 0.1) is 29.5 Å². The van der Waals surface area contributed by atoms with E-state index in [1.54, 1.807) is 25.4 Å². The number of nitrogens with zero attached hydrogens (tertiary/aromatic N) is 2. The van der Waals surface area contributed by atoms with Crippen molar-refractivity contribution in [1.29, 1.82) is 0 Å². The fraction of sp³-hybridized carbons (Fsp3) is 0.400. The van der Waals surface area contributed by atoms with E-state index in [2.05, 4.69) is 21.7 Å². The highest BCUT2D eigenvalue weighted by Gasteiger charge is 2.30. The molecule has 0 unspecified atom stereocenters. The summed E-state index contributed by atoms with van der Waals surface area (Å²) in [6.07, 6.45) is 2.95. The Kier molecular flexibility index (Phi) is 9.54. The molecule has 1 fully saturated rings. The minimum absolute atomic E-state index is 0.0797. The Hall–Kier alpha value is -3.21. The Morgan fingerprint density at radius 1 is 1.24 bits per heavy atom. The largest absolute Gasteiger partial charge is 0.497 e. The van der Waals surface area contributed by atoms with Crippen LogP contribution in [0.2, 0.25) is 5.02 Å². The first-order chi connectivity index (χ1) is 18.3. The summed E-state index contributed by atoms with van der Waals surface area (Å²) in [6, 6.07) is 11.4. The summed E-state index contributed by atoms with van der Waals surface area (Å²) in [4.78, 5) is 17.8. The van der Waals surface area contributed by atoms with Gasteiger partial charge in [0.25, 0.3) is 0 Å². The van der Waals surface area contributed by atoms with Gasteiger partial charge >= 0.3 is 5.97 Å². The average molecular weight is 541 g/mol. The first-order valence-corrected chi connectivity index (χ1v) is 13.2. The third kappa shape index (κ3) is 7.43. The highest BCUT2D eigenvalue weighted by atomic mass is 35.5. The molecule has 0 amide bonds. The Balaban J connectivity index is 1.40. The van der Waals surface area contributed by atoms with Crippen LogP contribution in [0.15, 0.2) is 48.7 Å². The van der Waals surface area contributed by atoms with Crippen molar-refractivity contribution in [2.75, 3.05) is 26.7 Å². The van der Waals surface area contributed by atoms with Gasteiger partial charge in [-0.25, -0.2) is 8.78 Å². The van der Waals surface area contributed by atoms with Crippen molar-refractivity contribution in [3.05, 3.63) is 70.6 Å². The number of halogens is 3. The van der Waals surface area contributed by atoms with Crippen LogP contribution < -0.4 is 4.74 Å². The molecule has 1 N–H and O–H groups in total. The molecule has 2 aromatic carbocycles. The maximum Gasteiger partial charge on any atom is 0.303 e. The standard InChI is InChI=1S/C30H31ClF2N2O3/c1-38-25-6-8-29-27(18-25)26(10-12-34-29)28(33)7-4-21-11-14-35(19-22(21)5-9-30(36)37)13-2-3-20-15-23(31)17-24(32)16-20/h6,8,10,12,15-18,21-22,28H,4-5,7,9,11,13-14,19H2,1H3,(H,36,37)/t21-,22-,28-/m1/s1. The molecule has 4 rings (SSSR count). The van der Waals surface area contributed by atoms with Crippen molar-refractivity contribution in [2.45, 2.75) is 38.3 Å². The van der Waals surface area contributed by atoms with Gasteiger partial charge in [0, 0.05) is 35.1 Å². The molecule has 5 nitrogen and oxygen atoms in total. The molecule has 38 heavy (non-hydrogen) atoms. The van der Waals surface area contributed by atoms with E-state index in [-0.39, 0.29) is 18.3 Å². The molecule has 1 aromatic heterocycles. The maximum atomic E-state index is 15.5. The lowest BCUT2D eigenvalue weighted by Crippen LogP contribution is -2.41. The number of likely N-dealkylation sites (tertiary alicyclic amines) is 1. The first kappa shape index (κ1) is 27.8. The van der Waals surface area contributed by atoms with Gasteiger partial charge in [-0.2, -0.15) is 0 Å². The fourth-order valence-corrected chi connectivity index (χ4v) is 5.48. The van der Waals surface area contributed by atoms with E-state index in [4.69, 9.17) is 16.3 Å². The molecule has 0 aliphatic carbocycles. The van der Waals surface area contributed by atoms with Gasteiger partial charge < -0.3 is 9.84 Å². The van der Waals surface area contributed by atoms with Gasteiger partial charge in [-0.1, -0.05) is 23.4 Å². The summed E-state index contributed by atoms with van der Waals surface area (Å²) in [5.41, 5.74) is 1.84. The Morgan fingerprint density at radius 3 is 2.84 bits per heavy atom. The molecule has 2 heterocycles. The normalized spacial score (nSPS) is 18.5. The number of piperidine rings is 1. The van der Waals surface area contributed by atoms with Gasteiger partial charge in [0.05, 0.1) is 19.2 Å². The third-order valence-corrected chi connectivity index (χ3v) is 7.43. The van der Waals surface area contributed by atoms with E-state index in [1.165, 1.54) is 12.1 Å². The summed E-state index contributed by atoms with van der Waals surface area (Å²) < 4.78 is 34.4. The Bertz CT molecular complexity index is 1320. The molecular formula is C30H31ClF2N2O3. The van der Waals surface area contributed by atoms with Gasteiger partial charge in [-0.15, -0.1) is 0 Å². The minimum Gasteiger partial charge on any atom is -0.497 e. The number of methoxy groups -OCH3 is 1. The average Bonchev–Trinajstić information content (AvgIpc) is 2.89. The zero-order valence-electron chi connectivity index (χ0n) is 21.3. The smallest absolute Gasteiger partial charge is 0.303 e. The van der Waals surface area contributed by atoms with E-state index < -0.39 is 18.0 Å². The minimum atomic E-state index is -1.16. The number of rotatable bonds is 9. The van der Waals surface area contributed by atoms with Gasteiger partial charge in [-0.05, 0) is 92.1 Å². The number of aliphatic carboxylic acids is 1. The fourth-order valence-electron chi connectivity index (χ4n) is 5.26. The SMILES string of the molecule is COc1ccc2nccc([C@H](F)CC[C@@H]3CCN(CC#Cc4cc(F)cc(Cl)c4)C[C@H]3CCC(=O)O)c2c1. The second-order valence-corrected chi connectivity index (χ2v) is 10.2. The van der Waals surface area contributed by atoms with Gasteiger partial charge in [0.2, 0.25) is 0 Å². The van der Waals surface area contributed by atoms with E-state index in [1.807, 2.05) is 18.2 Å². The summed E-state index contributed by atoms with van der Waals surface area (Å²) in [5.74, 6) is 5.79. The van der Waals surface area contributed by atoms with E-state index in [9.17, 15) is 14.3 Å². The molecule has 0 saturated carbocycles. The monoisotopic (exact) mass is 540 g/mol. The topological polar surface area (TPSA) is 62.7 Å². The van der Waals surface area contributed by atoms with E-state index >= 15 is 4.39 Å². The van der Waals surface area contributed by atoms with Crippen LogP contribution in [0.1, 0.15) is 49.4 Å². The molecule has 3 atom stereocenters. The van der Waals surface area contributed by atoms with Gasteiger partial charge in [0.15, 0.2) is 0 Å². The summed E-state index contributed by atoms with van der Waals surface area (Å²) in [7, 11) is 1.58. The number of alkyl halides is 1. The van der Waals surface area contributed by atoms with Crippen LogP contribution in [0.3, 0.4) is 0 Å². The van der Waals surface area contributed by atoms with Gasteiger partial charge in [0.1, 0.15) is 17.7 Å². The van der Waals surface area contributed by atoms with Crippen LogP contribution in [0.25, 0.3) is 10.9 Å². The summed E-state index contributed by atoms with van der Waals surface area (Å²) in [5, 5.41) is 10.3. The lowest BCUT2D eigenvalue weighted by Gasteiger charge is -2.38. The van der Waals surface area contributed by atoms with Crippen LogP contribution in [-0.2, 0) is 4.79 Å². The second-order valence-electron chi connectivity index (χ2n) is 9.76. The van der Waals surface area contributed by atoms with Crippen LogP contribution >= 0.6 is 11.6 Å². The third-order valence-electron chi connectivity index (χ3n) is 7.21. The van der Waals surface area contributed by atoms with Crippen molar-refractivity contribution in [3.63, 3.8) is 0 Å². The number of fused-ring (bicyclic) bond motifs is 1. The van der Waals surface area contributed by atoms with Crippen molar-refractivity contribution in [3.8, 4) is 17.6 Å². The van der Waals surface area contributed by atoms with Crippen LogP contribution in [0.4, 0.5) is 8.78 Å². The molecule has 0 radical (unpaired) electrons. The van der Waals surface area contributed by atoms with Crippen LogP contribution in [0.5, 0.6) is 5.75 Å². The van der Waals surface area contributed by atoms with Crippen molar-refractivity contribution in [2.24, 2.45) is 11.8 Å². The lowest BCUT2D eigenvalue weighted by molar-refractivity contribution is -0.137. The number of carbonyl (C=O) groups is 1. The zero-order valence-corrected chi connectivity index (χ0v) is 22.1. The zero-order chi connectivity index (χ0) is 27.1. The quantitative estimate of drug-likeness (QED) is 0.307. The molecule has 1 aliphatic rings. The number of benzene rings is 2. The van der Waals surface area contributed by atoms with Crippen molar-refractivity contribution < 1.29 is 23.4 Å². The highest BCUT2D eigenvalue weighted by molar-refractivity contribution is 6.30. The van der Waals surface area contributed by atoms with Crippen molar-refractivity contribution >= 4 is 28.5 Å². The Labute approximate surface area is 226 Å². The molecule has 8 heteroatoms. The molecule has 0 bridgehead atoms. The number of pyridine rings is 1. The Morgan fingerprint density at radius 2 is 2.08 bits per heavy atom. The predicted octanol–water partition coefficient (Wildman–Crippen LogP) is 6.68. The first-order valence-electron chi connectivity index (χ1n) is 12.8. The molecule has 1 aliphatic heterocycles. The number of ether oxygens (including phenoxy) is 1. The lowest BCUT2D eigenvalue weighted by atomic mass is 9.79. The second kappa shape index (κ2) is 13.0. The maximum absolute atomic E-state index is 15.5. The van der Waals surface area contributed by atoms with Gasteiger partial charge in [-0.3, -0.25) is 14.7 Å². The molecule has 200 valence electrons. The number of hydrogen-bond donors (Lipinski definition) is 1.